The van der Waals surface area contributed by atoms with Gasteiger partial charge in [-0.15, -0.1) is 0 Å². The Labute approximate surface area is 79.2 Å². The van der Waals surface area contributed by atoms with Crippen molar-refractivity contribution in [3.05, 3.63) is 37.3 Å². The summed E-state index contributed by atoms with van der Waals surface area (Å²) in [5.74, 6) is 0.846. The maximum absolute atomic E-state index is 9.19. The number of aliphatic hydroxyl groups is 1. The molecule has 0 saturated heterocycles. The van der Waals surface area contributed by atoms with E-state index in [2.05, 4.69) is 6.92 Å². The second-order valence-corrected chi connectivity index (χ2v) is 2.89. The predicted molar refractivity (Wildman–Crippen MR) is 52.5 cm³/mol. The van der Waals surface area contributed by atoms with Gasteiger partial charge in [0.05, 0.1) is 12.7 Å². The fourth-order valence-corrected chi connectivity index (χ4v) is 0.974. The monoisotopic (exact) mass is 179 g/mol. The van der Waals surface area contributed by atoms with Crippen molar-refractivity contribution in [2.75, 3.05) is 6.61 Å². The van der Waals surface area contributed by atoms with Gasteiger partial charge in [-0.2, -0.15) is 0 Å². The molecule has 0 aliphatic carbocycles. The van der Waals surface area contributed by atoms with E-state index >= 15 is 0 Å². The summed E-state index contributed by atoms with van der Waals surface area (Å²) in [4.78, 5) is 0. The van der Waals surface area contributed by atoms with Gasteiger partial charge >= 0.3 is 0 Å². The second kappa shape index (κ2) is 5.60. The summed E-state index contributed by atoms with van der Waals surface area (Å²) in [7, 11) is 0. The lowest BCUT2D eigenvalue weighted by Crippen LogP contribution is -2.10. The Balaban J connectivity index is 2.20. The minimum absolute atomic E-state index is 0.344. The summed E-state index contributed by atoms with van der Waals surface area (Å²) in [6, 6.07) is 9.59. The third-order valence-corrected chi connectivity index (χ3v) is 1.80. The van der Waals surface area contributed by atoms with Gasteiger partial charge < -0.3 is 9.84 Å². The highest BCUT2D eigenvalue weighted by molar-refractivity contribution is 5.20. The first kappa shape index (κ1) is 10.1. The maximum Gasteiger partial charge on any atom is 0.119 e. The lowest BCUT2D eigenvalue weighted by Gasteiger charge is -2.08. The van der Waals surface area contributed by atoms with Crippen LogP contribution in [0.3, 0.4) is 0 Å². The van der Waals surface area contributed by atoms with Crippen molar-refractivity contribution in [2.24, 2.45) is 0 Å². The van der Waals surface area contributed by atoms with E-state index in [0.29, 0.717) is 19.4 Å². The summed E-state index contributed by atoms with van der Waals surface area (Å²) in [6.45, 7) is 4.15. The van der Waals surface area contributed by atoms with Gasteiger partial charge in [-0.05, 0) is 18.6 Å². The van der Waals surface area contributed by atoms with Crippen LogP contribution in [0.4, 0.5) is 0 Å². The van der Waals surface area contributed by atoms with Crippen molar-refractivity contribution >= 4 is 0 Å². The van der Waals surface area contributed by atoms with E-state index in [9.17, 15) is 5.11 Å². The molecular weight excluding hydrogens is 164 g/mol. The maximum atomic E-state index is 9.19. The summed E-state index contributed by atoms with van der Waals surface area (Å²) >= 11 is 0. The second-order valence-electron chi connectivity index (χ2n) is 2.89. The Bertz CT molecular complexity index is 221. The van der Waals surface area contributed by atoms with Gasteiger partial charge in [-0.25, -0.2) is 0 Å². The molecule has 2 heteroatoms. The van der Waals surface area contributed by atoms with E-state index in [0.717, 1.165) is 5.75 Å². The Morgan fingerprint density at radius 2 is 2.00 bits per heavy atom. The van der Waals surface area contributed by atoms with Crippen molar-refractivity contribution in [1.82, 2.24) is 0 Å². The van der Waals surface area contributed by atoms with Crippen LogP contribution in [-0.2, 0) is 0 Å². The van der Waals surface area contributed by atoms with Gasteiger partial charge in [0.15, 0.2) is 0 Å². The first-order valence-corrected chi connectivity index (χ1v) is 4.48. The van der Waals surface area contributed by atoms with Crippen LogP contribution < -0.4 is 4.74 Å². The molecular formula is C11H15O2. The summed E-state index contributed by atoms with van der Waals surface area (Å²) < 4.78 is 5.39. The van der Waals surface area contributed by atoms with Crippen LogP contribution >= 0.6 is 0 Å². The Kier molecular flexibility index (Phi) is 4.33. The number of hydrogen-bond acceptors (Lipinski definition) is 2. The van der Waals surface area contributed by atoms with Crippen molar-refractivity contribution in [3.63, 3.8) is 0 Å². The molecule has 0 fully saturated rings. The van der Waals surface area contributed by atoms with Crippen LogP contribution in [0.1, 0.15) is 12.8 Å². The van der Waals surface area contributed by atoms with E-state index in [1.165, 1.54) is 0 Å². The molecule has 1 radical (unpaired) electrons. The average molecular weight is 179 g/mol. The highest BCUT2D eigenvalue weighted by atomic mass is 16.5. The number of benzene rings is 1. The number of para-hydroxylation sites is 1. The summed E-state index contributed by atoms with van der Waals surface area (Å²) in [5.41, 5.74) is 0. The average Bonchev–Trinajstić information content (AvgIpc) is 2.19. The Morgan fingerprint density at radius 3 is 2.62 bits per heavy atom. The SMILES string of the molecule is [CH2]CC(O)CCOc1ccccc1. The number of aliphatic hydroxyl groups excluding tert-OH is 1. The normalized spacial score (nSPS) is 12.5. The molecule has 1 rings (SSSR count). The highest BCUT2D eigenvalue weighted by Crippen LogP contribution is 2.09. The molecule has 0 bridgehead atoms. The lowest BCUT2D eigenvalue weighted by molar-refractivity contribution is 0.141. The van der Waals surface area contributed by atoms with Crippen LogP contribution in [-0.4, -0.2) is 17.8 Å². The topological polar surface area (TPSA) is 29.5 Å². The van der Waals surface area contributed by atoms with Crippen molar-refractivity contribution < 1.29 is 9.84 Å². The minimum atomic E-state index is -0.344. The predicted octanol–water partition coefficient (Wildman–Crippen LogP) is 2.04. The highest BCUT2D eigenvalue weighted by Gasteiger charge is 2.00. The molecule has 0 amide bonds. The Morgan fingerprint density at radius 1 is 1.31 bits per heavy atom. The zero-order valence-corrected chi connectivity index (χ0v) is 7.65. The van der Waals surface area contributed by atoms with Gasteiger partial charge in [0.2, 0.25) is 0 Å². The smallest absolute Gasteiger partial charge is 0.119 e. The van der Waals surface area contributed by atoms with E-state index in [1.807, 2.05) is 30.3 Å². The zero-order valence-electron chi connectivity index (χ0n) is 7.65. The first-order chi connectivity index (χ1) is 6.33. The molecule has 1 atom stereocenters. The van der Waals surface area contributed by atoms with Gasteiger partial charge in [0.1, 0.15) is 5.75 Å². The van der Waals surface area contributed by atoms with Crippen LogP contribution in [0.25, 0.3) is 0 Å². The van der Waals surface area contributed by atoms with Crippen LogP contribution in [0.15, 0.2) is 30.3 Å². The molecule has 71 valence electrons. The van der Waals surface area contributed by atoms with Gasteiger partial charge in [-0.1, -0.05) is 25.1 Å². The summed E-state index contributed by atoms with van der Waals surface area (Å²) in [6.07, 6.45) is 0.833. The van der Waals surface area contributed by atoms with Crippen molar-refractivity contribution in [3.8, 4) is 5.75 Å². The van der Waals surface area contributed by atoms with Crippen LogP contribution in [0, 0.1) is 6.92 Å². The largest absolute Gasteiger partial charge is 0.493 e. The third kappa shape index (κ3) is 3.95. The molecule has 13 heavy (non-hydrogen) atoms. The van der Waals surface area contributed by atoms with Gasteiger partial charge in [0.25, 0.3) is 0 Å². The lowest BCUT2D eigenvalue weighted by atomic mass is 10.2. The molecule has 2 nitrogen and oxygen atoms in total. The Hall–Kier alpha value is -1.02. The molecule has 0 saturated carbocycles. The molecule has 1 aromatic carbocycles. The molecule has 0 spiro atoms. The number of rotatable bonds is 5. The zero-order chi connectivity index (χ0) is 9.52. The molecule has 1 N–H and O–H groups in total. The molecule has 0 aromatic heterocycles. The van der Waals surface area contributed by atoms with E-state index in [1.54, 1.807) is 0 Å². The molecule has 1 aromatic rings. The number of hydrogen-bond donors (Lipinski definition) is 1. The van der Waals surface area contributed by atoms with Gasteiger partial charge in [0, 0.05) is 6.42 Å². The first-order valence-electron chi connectivity index (χ1n) is 4.48. The van der Waals surface area contributed by atoms with Crippen molar-refractivity contribution in [2.45, 2.75) is 18.9 Å². The molecule has 0 aliphatic heterocycles. The van der Waals surface area contributed by atoms with Crippen molar-refractivity contribution in [1.29, 1.82) is 0 Å². The van der Waals surface area contributed by atoms with E-state index < -0.39 is 0 Å². The molecule has 0 aliphatic rings. The molecule has 0 heterocycles. The van der Waals surface area contributed by atoms with E-state index in [-0.39, 0.29) is 6.10 Å². The van der Waals surface area contributed by atoms with Crippen LogP contribution in [0.5, 0.6) is 5.75 Å². The fraction of sp³-hybridized carbons (Fsp3) is 0.364. The minimum Gasteiger partial charge on any atom is -0.493 e. The molecule has 1 unspecified atom stereocenters. The standard InChI is InChI=1S/C11H15O2/c1-2-10(12)8-9-13-11-6-4-3-5-7-11/h3-7,10,12H,1-2,8-9H2. The summed E-state index contributed by atoms with van der Waals surface area (Å²) in [5, 5.41) is 9.19. The van der Waals surface area contributed by atoms with Gasteiger partial charge in [-0.3, -0.25) is 0 Å². The van der Waals surface area contributed by atoms with Crippen LogP contribution in [0.2, 0.25) is 0 Å². The number of ether oxygens (including phenoxy) is 1. The fourth-order valence-electron chi connectivity index (χ4n) is 0.974. The van der Waals surface area contributed by atoms with E-state index in [4.69, 9.17) is 4.74 Å². The third-order valence-electron chi connectivity index (χ3n) is 1.80. The quantitative estimate of drug-likeness (QED) is 0.749.